The second-order valence-electron chi connectivity index (χ2n) is 14.4. The van der Waals surface area contributed by atoms with Crippen molar-refractivity contribution in [1.82, 2.24) is 5.32 Å². The molecular formula is C40H81N. The Balaban J connectivity index is 2.58. The Kier molecular flexibility index (Phi) is 27.3. The summed E-state index contributed by atoms with van der Waals surface area (Å²) in [6, 6.07) is 0.741. The van der Waals surface area contributed by atoms with E-state index in [1.165, 1.54) is 161 Å². The van der Waals surface area contributed by atoms with Crippen LogP contribution in [-0.4, -0.2) is 12.6 Å². The first-order chi connectivity index (χ1) is 20.2. The normalized spacial score (nSPS) is 21.2. The number of rotatable bonds is 30. The second-order valence-corrected chi connectivity index (χ2v) is 14.4. The summed E-state index contributed by atoms with van der Waals surface area (Å²) in [5.74, 6) is 4.19. The Morgan fingerprint density at radius 1 is 0.415 bits per heavy atom. The highest BCUT2D eigenvalue weighted by atomic mass is 14.9. The summed E-state index contributed by atoms with van der Waals surface area (Å²) in [5.41, 5.74) is 0. The highest BCUT2D eigenvalue weighted by Crippen LogP contribution is 2.47. The van der Waals surface area contributed by atoms with Crippen molar-refractivity contribution in [2.75, 3.05) is 6.54 Å². The first kappa shape index (κ1) is 39.0. The van der Waals surface area contributed by atoms with Crippen molar-refractivity contribution in [3.8, 4) is 0 Å². The molecular weight excluding hydrogens is 494 g/mol. The molecule has 0 aliphatic heterocycles. The van der Waals surface area contributed by atoms with Crippen LogP contribution in [0, 0.1) is 23.7 Å². The van der Waals surface area contributed by atoms with Gasteiger partial charge in [0.25, 0.3) is 0 Å². The Hall–Kier alpha value is -0.0400. The average Bonchev–Trinajstić information content (AvgIpc) is 2.99. The van der Waals surface area contributed by atoms with E-state index in [9.17, 15) is 0 Å². The van der Waals surface area contributed by atoms with Crippen molar-refractivity contribution in [3.63, 3.8) is 0 Å². The van der Waals surface area contributed by atoms with E-state index in [2.05, 4.69) is 39.9 Å². The zero-order valence-corrected chi connectivity index (χ0v) is 29.6. The van der Waals surface area contributed by atoms with Crippen LogP contribution in [-0.2, 0) is 0 Å². The van der Waals surface area contributed by atoms with Crippen LogP contribution >= 0.6 is 0 Å². The number of nitrogens with one attached hydrogen (secondary N) is 1. The van der Waals surface area contributed by atoms with Gasteiger partial charge in [-0.15, -0.1) is 0 Å². The molecule has 1 rings (SSSR count). The minimum absolute atomic E-state index is 0.741. The standard InChI is InChI=1S/C40H81N/c1-6-11-14-16-18-21-25-30-37-34-33-36(29-13-8-3)39(31-26-22-17-15-12-7-2)40(37)32-27-23-19-20-24-28-35-41-38(9-4)10-5/h36-41H,6-35H2,1-5H3. The highest BCUT2D eigenvalue weighted by molar-refractivity contribution is 4.88. The fourth-order valence-corrected chi connectivity index (χ4v) is 8.26. The van der Waals surface area contributed by atoms with Gasteiger partial charge in [0.15, 0.2) is 0 Å². The first-order valence-corrected chi connectivity index (χ1v) is 19.9. The molecule has 1 aliphatic carbocycles. The molecule has 0 bridgehead atoms. The Morgan fingerprint density at radius 3 is 1.22 bits per heavy atom. The lowest BCUT2D eigenvalue weighted by molar-refractivity contribution is 0.0583. The summed E-state index contributed by atoms with van der Waals surface area (Å²) in [5, 5.41) is 3.76. The zero-order valence-electron chi connectivity index (χ0n) is 29.6. The smallest absolute Gasteiger partial charge is 0.00618 e. The molecule has 0 amide bonds. The Bertz CT molecular complexity index is 511. The van der Waals surface area contributed by atoms with Gasteiger partial charge in [-0.1, -0.05) is 176 Å². The molecule has 1 nitrogen and oxygen atoms in total. The van der Waals surface area contributed by atoms with E-state index < -0.39 is 0 Å². The number of hydrogen-bond donors (Lipinski definition) is 1. The SMILES string of the molecule is CCCCCCCCCC1CCC(CCCC)C(CCCCCCCC)C1CCCCCCCCNC(CC)CC. The Labute approximate surface area is 262 Å². The van der Waals surface area contributed by atoms with Crippen molar-refractivity contribution < 1.29 is 0 Å². The molecule has 0 aromatic rings. The third kappa shape index (κ3) is 19.8. The fraction of sp³-hybridized carbons (Fsp3) is 1.00. The van der Waals surface area contributed by atoms with Crippen LogP contribution in [0.15, 0.2) is 0 Å². The third-order valence-corrected chi connectivity index (χ3v) is 11.0. The van der Waals surface area contributed by atoms with Gasteiger partial charge in [0.1, 0.15) is 0 Å². The summed E-state index contributed by atoms with van der Waals surface area (Å²) in [7, 11) is 0. The third-order valence-electron chi connectivity index (χ3n) is 11.0. The maximum Gasteiger partial charge on any atom is 0.00618 e. The lowest BCUT2D eigenvalue weighted by Gasteiger charge is -2.44. The van der Waals surface area contributed by atoms with E-state index in [0.29, 0.717) is 0 Å². The predicted molar refractivity (Wildman–Crippen MR) is 188 cm³/mol. The van der Waals surface area contributed by atoms with Crippen LogP contribution in [0.25, 0.3) is 0 Å². The van der Waals surface area contributed by atoms with Crippen molar-refractivity contribution in [2.45, 2.75) is 227 Å². The maximum atomic E-state index is 3.76. The molecule has 1 N–H and O–H groups in total. The molecule has 0 saturated heterocycles. The maximum absolute atomic E-state index is 3.76. The Morgan fingerprint density at radius 2 is 0.780 bits per heavy atom. The van der Waals surface area contributed by atoms with Crippen LogP contribution < -0.4 is 5.32 Å². The summed E-state index contributed by atoms with van der Waals surface area (Å²) in [4.78, 5) is 0. The molecule has 0 spiro atoms. The van der Waals surface area contributed by atoms with E-state index in [4.69, 9.17) is 0 Å². The molecule has 4 unspecified atom stereocenters. The monoisotopic (exact) mass is 576 g/mol. The molecule has 1 aliphatic rings. The van der Waals surface area contributed by atoms with Crippen molar-refractivity contribution in [1.29, 1.82) is 0 Å². The summed E-state index contributed by atoms with van der Waals surface area (Å²) < 4.78 is 0. The van der Waals surface area contributed by atoms with E-state index in [1.54, 1.807) is 32.1 Å². The van der Waals surface area contributed by atoms with Gasteiger partial charge in [-0.2, -0.15) is 0 Å². The topological polar surface area (TPSA) is 12.0 Å². The van der Waals surface area contributed by atoms with Gasteiger partial charge in [0, 0.05) is 6.04 Å². The van der Waals surface area contributed by atoms with E-state index in [-0.39, 0.29) is 0 Å². The largest absolute Gasteiger partial charge is 0.314 e. The summed E-state index contributed by atoms with van der Waals surface area (Å²) in [6.45, 7) is 13.0. The van der Waals surface area contributed by atoms with Gasteiger partial charge in [0.05, 0.1) is 0 Å². The average molecular weight is 576 g/mol. The second kappa shape index (κ2) is 28.7. The highest BCUT2D eigenvalue weighted by Gasteiger charge is 2.37. The fourth-order valence-electron chi connectivity index (χ4n) is 8.26. The number of hydrogen-bond acceptors (Lipinski definition) is 1. The number of unbranched alkanes of at least 4 members (excludes halogenated alkanes) is 17. The summed E-state index contributed by atoms with van der Waals surface area (Å²) >= 11 is 0. The molecule has 0 aromatic carbocycles. The molecule has 1 fully saturated rings. The zero-order chi connectivity index (χ0) is 29.8. The van der Waals surface area contributed by atoms with Crippen molar-refractivity contribution in [3.05, 3.63) is 0 Å². The molecule has 0 aromatic heterocycles. The predicted octanol–water partition coefficient (Wildman–Crippen LogP) is 13.8. The van der Waals surface area contributed by atoms with Crippen LogP contribution in [0.3, 0.4) is 0 Å². The molecule has 1 heteroatoms. The molecule has 0 radical (unpaired) electrons. The van der Waals surface area contributed by atoms with Crippen LogP contribution in [0.4, 0.5) is 0 Å². The molecule has 1 saturated carbocycles. The minimum Gasteiger partial charge on any atom is -0.314 e. The van der Waals surface area contributed by atoms with Gasteiger partial charge in [0.2, 0.25) is 0 Å². The van der Waals surface area contributed by atoms with Gasteiger partial charge in [-0.3, -0.25) is 0 Å². The van der Waals surface area contributed by atoms with Gasteiger partial charge in [-0.25, -0.2) is 0 Å². The first-order valence-electron chi connectivity index (χ1n) is 19.9. The van der Waals surface area contributed by atoms with Gasteiger partial charge in [-0.05, 0) is 75.2 Å². The lowest BCUT2D eigenvalue weighted by atomic mass is 9.61. The van der Waals surface area contributed by atoms with E-state index in [1.807, 2.05) is 0 Å². The molecule has 0 heterocycles. The molecule has 41 heavy (non-hydrogen) atoms. The summed E-state index contributed by atoms with van der Waals surface area (Å²) in [6.07, 6.45) is 42.5. The van der Waals surface area contributed by atoms with Gasteiger partial charge < -0.3 is 5.32 Å². The molecule has 246 valence electrons. The van der Waals surface area contributed by atoms with Crippen LogP contribution in [0.5, 0.6) is 0 Å². The molecule has 4 atom stereocenters. The van der Waals surface area contributed by atoms with Crippen molar-refractivity contribution >= 4 is 0 Å². The van der Waals surface area contributed by atoms with Gasteiger partial charge >= 0.3 is 0 Å². The quantitative estimate of drug-likeness (QED) is 0.0840. The lowest BCUT2D eigenvalue weighted by Crippen LogP contribution is -2.35. The van der Waals surface area contributed by atoms with Crippen LogP contribution in [0.2, 0.25) is 0 Å². The van der Waals surface area contributed by atoms with Crippen molar-refractivity contribution in [2.24, 2.45) is 23.7 Å². The minimum atomic E-state index is 0.741. The van der Waals surface area contributed by atoms with E-state index in [0.717, 1.165) is 29.7 Å². The van der Waals surface area contributed by atoms with Crippen LogP contribution in [0.1, 0.15) is 221 Å². The van der Waals surface area contributed by atoms with E-state index >= 15 is 0 Å².